The van der Waals surface area contributed by atoms with E-state index in [1.807, 2.05) is 36.4 Å². The van der Waals surface area contributed by atoms with E-state index in [2.05, 4.69) is 20.7 Å². The minimum Gasteiger partial charge on any atom is -0.550 e. The molecule has 1 aliphatic heterocycles. The maximum Gasteiger partial charge on any atom is 0.250 e. The zero-order valence-electron chi connectivity index (χ0n) is 15.7. The molecule has 0 unspecified atom stereocenters. The van der Waals surface area contributed by atoms with E-state index in [4.69, 9.17) is 0 Å². The van der Waals surface area contributed by atoms with Gasteiger partial charge in [0.05, 0.1) is 0 Å². The molecule has 1 atom stereocenters. The highest BCUT2D eigenvalue weighted by Crippen LogP contribution is 2.33. The van der Waals surface area contributed by atoms with Crippen LogP contribution in [0.3, 0.4) is 0 Å². The van der Waals surface area contributed by atoms with E-state index >= 15 is 0 Å². The Hall–Kier alpha value is -4.01. The molecule has 1 amide bonds. The van der Waals surface area contributed by atoms with Crippen molar-refractivity contribution in [2.45, 2.75) is 18.9 Å². The van der Waals surface area contributed by atoms with E-state index in [1.165, 1.54) is 12.1 Å². The number of halogens is 1. The number of carbonyl (C=O) groups is 2. The molecule has 0 spiro atoms. The Morgan fingerprint density at radius 1 is 1.10 bits per heavy atom. The molecule has 1 aliphatic rings. The molecule has 2 aromatic carbocycles. The number of carboxylic acid groups (broad SMARTS) is 1. The summed E-state index contributed by atoms with van der Waals surface area (Å²) in [6.45, 7) is 0. The quantitative estimate of drug-likeness (QED) is 0.647. The zero-order valence-corrected chi connectivity index (χ0v) is 15.7. The van der Waals surface area contributed by atoms with E-state index < -0.39 is 24.3 Å². The van der Waals surface area contributed by atoms with Gasteiger partial charge in [0, 0.05) is 18.1 Å². The lowest BCUT2D eigenvalue weighted by Crippen LogP contribution is -2.24. The first-order valence-corrected chi connectivity index (χ1v) is 9.25. The van der Waals surface area contributed by atoms with Crippen LogP contribution in [0.5, 0.6) is 0 Å². The molecular formula is C21H17FN5O3-. The molecule has 1 aromatic heterocycles. The van der Waals surface area contributed by atoms with Crippen molar-refractivity contribution in [3.8, 4) is 0 Å². The number of hydrogen-bond donors (Lipinski definition) is 2. The molecule has 0 fully saturated rings. The predicted octanol–water partition coefficient (Wildman–Crippen LogP) is 1.94. The molecule has 152 valence electrons. The molecule has 30 heavy (non-hydrogen) atoms. The molecule has 4 rings (SSSR count). The summed E-state index contributed by atoms with van der Waals surface area (Å²) < 4.78 is 15.0. The Morgan fingerprint density at radius 2 is 1.83 bits per heavy atom. The molecule has 0 saturated carbocycles. The van der Waals surface area contributed by atoms with Gasteiger partial charge in [0.1, 0.15) is 11.9 Å². The topological polar surface area (TPSA) is 112 Å². The number of benzene rings is 2. The molecule has 0 saturated heterocycles. The fourth-order valence-corrected chi connectivity index (χ4v) is 3.13. The second-order valence-electron chi connectivity index (χ2n) is 6.69. The van der Waals surface area contributed by atoms with Gasteiger partial charge in [0.15, 0.2) is 0 Å². The number of hydrogen-bond acceptors (Lipinski definition) is 6. The molecule has 9 heteroatoms. The van der Waals surface area contributed by atoms with Crippen LogP contribution in [0.15, 0.2) is 60.7 Å². The first-order chi connectivity index (χ1) is 14.5. The van der Waals surface area contributed by atoms with Crippen LogP contribution in [-0.2, 0) is 9.59 Å². The monoisotopic (exact) mass is 406 g/mol. The van der Waals surface area contributed by atoms with Crippen LogP contribution in [0.2, 0.25) is 0 Å². The van der Waals surface area contributed by atoms with E-state index in [0.29, 0.717) is 5.95 Å². The van der Waals surface area contributed by atoms with Crippen molar-refractivity contribution >= 4 is 29.5 Å². The summed E-state index contributed by atoms with van der Waals surface area (Å²) in [6, 6.07) is 15.3. The number of carboxylic acids is 1. The van der Waals surface area contributed by atoms with Crippen molar-refractivity contribution in [3.63, 3.8) is 0 Å². The van der Waals surface area contributed by atoms with Crippen LogP contribution >= 0.6 is 0 Å². The molecule has 2 N–H and O–H groups in total. The molecule has 8 nitrogen and oxygen atoms in total. The molecule has 0 bridgehead atoms. The van der Waals surface area contributed by atoms with Crippen LogP contribution in [-0.4, -0.2) is 26.6 Å². The molecule has 3 aromatic rings. The van der Waals surface area contributed by atoms with E-state index in [-0.39, 0.29) is 18.2 Å². The maximum atomic E-state index is 13.4. The lowest BCUT2D eigenvalue weighted by molar-refractivity contribution is -0.305. The van der Waals surface area contributed by atoms with Crippen LogP contribution < -0.4 is 15.7 Å². The summed E-state index contributed by atoms with van der Waals surface area (Å²) in [7, 11) is 0. The van der Waals surface area contributed by atoms with Gasteiger partial charge in [0.25, 0.3) is 5.95 Å². The number of aliphatic carboxylic acids is 1. The van der Waals surface area contributed by atoms with Gasteiger partial charge in [-0.15, -0.1) is 5.10 Å². The van der Waals surface area contributed by atoms with Gasteiger partial charge in [-0.25, -0.2) is 9.07 Å². The average molecular weight is 406 g/mol. The minimum atomic E-state index is -1.31. The Bertz CT molecular complexity index is 1110. The first-order valence-electron chi connectivity index (χ1n) is 9.25. The van der Waals surface area contributed by atoms with Crippen molar-refractivity contribution in [3.05, 3.63) is 77.6 Å². The fourth-order valence-electron chi connectivity index (χ4n) is 3.13. The van der Waals surface area contributed by atoms with Crippen molar-refractivity contribution in [2.75, 3.05) is 10.6 Å². The van der Waals surface area contributed by atoms with Gasteiger partial charge in [-0.2, -0.15) is 4.98 Å². The number of anilines is 2. The van der Waals surface area contributed by atoms with Crippen molar-refractivity contribution in [2.24, 2.45) is 0 Å². The standard InChI is InChI=1S/C21H18FN5O3/c22-15-8-6-14(7-9-15)17-12-16(13-4-2-1-3-5-13)23-21-25-20(26-27(17)21)24-18(28)10-11-19(29)30/h1-9,12,17H,10-11H2,(H,29,30)(H2,23,24,25,26,28)/p-1/t17-/m0/s1. The summed E-state index contributed by atoms with van der Waals surface area (Å²) in [5.41, 5.74) is 2.50. The maximum absolute atomic E-state index is 13.4. The van der Waals surface area contributed by atoms with Crippen LogP contribution in [0.25, 0.3) is 5.70 Å². The van der Waals surface area contributed by atoms with Crippen LogP contribution in [0.1, 0.15) is 30.0 Å². The highest BCUT2D eigenvalue weighted by Gasteiger charge is 2.25. The van der Waals surface area contributed by atoms with Gasteiger partial charge >= 0.3 is 0 Å². The fraction of sp³-hybridized carbons (Fsp3) is 0.143. The summed E-state index contributed by atoms with van der Waals surface area (Å²) >= 11 is 0. The number of nitrogens with one attached hydrogen (secondary N) is 2. The van der Waals surface area contributed by atoms with Gasteiger partial charge < -0.3 is 15.2 Å². The third-order valence-electron chi connectivity index (χ3n) is 4.57. The van der Waals surface area contributed by atoms with E-state index in [9.17, 15) is 19.1 Å². The molecular weight excluding hydrogens is 389 g/mol. The third kappa shape index (κ3) is 4.19. The number of allylic oxidation sites excluding steroid dienone is 1. The normalized spacial score (nSPS) is 15.0. The van der Waals surface area contributed by atoms with Crippen LogP contribution in [0.4, 0.5) is 16.3 Å². The molecule has 2 heterocycles. The van der Waals surface area contributed by atoms with Crippen molar-refractivity contribution in [1.82, 2.24) is 14.8 Å². The Labute approximate surface area is 171 Å². The summed E-state index contributed by atoms with van der Waals surface area (Å²) in [6.07, 6.45) is 1.30. The second-order valence-corrected chi connectivity index (χ2v) is 6.69. The number of fused-ring (bicyclic) bond motifs is 1. The van der Waals surface area contributed by atoms with Crippen molar-refractivity contribution < 1.29 is 19.1 Å². The lowest BCUT2D eigenvalue weighted by atomic mass is 10.0. The molecule has 0 radical (unpaired) electrons. The van der Waals surface area contributed by atoms with Gasteiger partial charge in [-0.05, 0) is 35.8 Å². The van der Waals surface area contributed by atoms with Gasteiger partial charge in [-0.1, -0.05) is 42.5 Å². The average Bonchev–Trinajstić information content (AvgIpc) is 3.15. The SMILES string of the molecule is O=C([O-])CCC(=O)Nc1nc2n(n1)[C@H](c1ccc(F)cc1)C=C(c1ccccc1)N2. The lowest BCUT2D eigenvalue weighted by Gasteiger charge is -2.24. The summed E-state index contributed by atoms with van der Waals surface area (Å²) in [5.74, 6) is -1.76. The first kappa shape index (κ1) is 19.3. The van der Waals surface area contributed by atoms with E-state index in [0.717, 1.165) is 16.8 Å². The Kier molecular flexibility index (Phi) is 5.25. The van der Waals surface area contributed by atoms with Crippen molar-refractivity contribution in [1.29, 1.82) is 0 Å². The number of amides is 1. The Balaban J connectivity index is 1.66. The largest absolute Gasteiger partial charge is 0.550 e. The number of aromatic nitrogens is 3. The third-order valence-corrected chi connectivity index (χ3v) is 4.57. The number of rotatable bonds is 6. The second kappa shape index (κ2) is 8.16. The number of nitrogens with zero attached hydrogens (tertiary/aromatic N) is 3. The summed E-state index contributed by atoms with van der Waals surface area (Å²) in [5, 5.41) is 20.6. The smallest absolute Gasteiger partial charge is 0.250 e. The Morgan fingerprint density at radius 3 is 2.53 bits per heavy atom. The summed E-state index contributed by atoms with van der Waals surface area (Å²) in [4.78, 5) is 26.8. The number of carbonyl (C=O) groups excluding carboxylic acids is 2. The van der Waals surface area contributed by atoms with Crippen LogP contribution in [0, 0.1) is 5.82 Å². The predicted molar refractivity (Wildman–Crippen MR) is 105 cm³/mol. The highest BCUT2D eigenvalue weighted by atomic mass is 19.1. The minimum absolute atomic E-state index is 0.0377. The highest BCUT2D eigenvalue weighted by molar-refractivity contribution is 5.91. The van der Waals surface area contributed by atoms with Gasteiger partial charge in [0.2, 0.25) is 11.9 Å². The van der Waals surface area contributed by atoms with Gasteiger partial charge in [-0.3, -0.25) is 10.1 Å². The van der Waals surface area contributed by atoms with E-state index in [1.54, 1.807) is 16.8 Å². The molecule has 0 aliphatic carbocycles. The zero-order chi connectivity index (χ0) is 21.1.